The van der Waals surface area contributed by atoms with E-state index >= 15 is 0 Å². The Morgan fingerprint density at radius 3 is 2.57 bits per heavy atom. The number of hydrogen-bond acceptors (Lipinski definition) is 3. The number of amides is 1. The van der Waals surface area contributed by atoms with Crippen LogP contribution in [-0.4, -0.2) is 15.5 Å². The van der Waals surface area contributed by atoms with Gasteiger partial charge in [-0.25, -0.2) is 4.98 Å². The number of nitrogens with zero attached hydrogens (tertiary/aromatic N) is 2. The van der Waals surface area contributed by atoms with Crippen LogP contribution < -0.4 is 11.3 Å². The summed E-state index contributed by atoms with van der Waals surface area (Å²) in [6.07, 6.45) is -3.34. The quantitative estimate of drug-likeness (QED) is 0.915. The summed E-state index contributed by atoms with van der Waals surface area (Å²) in [5.41, 5.74) is 2.99. The lowest BCUT2D eigenvalue weighted by atomic mass is 10.2. The molecule has 2 rings (SSSR count). The number of aromatic nitrogens is 2. The molecule has 0 atom stereocenters. The number of primary amides is 1. The van der Waals surface area contributed by atoms with Gasteiger partial charge in [0.15, 0.2) is 5.69 Å². The highest BCUT2D eigenvalue weighted by Crippen LogP contribution is 2.30. The molecule has 0 saturated carbocycles. The predicted octanol–water partition coefficient (Wildman–Crippen LogP) is 1.66. The van der Waals surface area contributed by atoms with Crippen LogP contribution in [0.5, 0.6) is 0 Å². The van der Waals surface area contributed by atoms with Crippen molar-refractivity contribution in [1.82, 2.24) is 9.55 Å². The molecule has 1 heterocycles. The van der Waals surface area contributed by atoms with Crippen LogP contribution in [0.2, 0.25) is 0 Å². The van der Waals surface area contributed by atoms with Crippen LogP contribution in [-0.2, 0) is 6.18 Å². The number of rotatable bonds is 2. The van der Waals surface area contributed by atoms with E-state index in [2.05, 4.69) is 4.98 Å². The molecule has 1 amide bonds. The summed E-state index contributed by atoms with van der Waals surface area (Å²) in [6.45, 7) is 1.49. The molecular weight excluding hydrogens is 287 g/mol. The molecule has 0 aliphatic carbocycles. The van der Waals surface area contributed by atoms with Crippen molar-refractivity contribution in [2.45, 2.75) is 13.1 Å². The Balaban J connectivity index is 2.71. The zero-order chi connectivity index (χ0) is 15.8. The van der Waals surface area contributed by atoms with Gasteiger partial charge in [-0.05, 0) is 25.1 Å². The van der Waals surface area contributed by atoms with Gasteiger partial charge in [0.1, 0.15) is 0 Å². The first kappa shape index (κ1) is 14.8. The fourth-order valence-electron chi connectivity index (χ4n) is 1.85. The van der Waals surface area contributed by atoms with E-state index in [1.54, 1.807) is 0 Å². The smallest absolute Gasteiger partial charge is 0.364 e. The third-order valence-electron chi connectivity index (χ3n) is 2.80. The minimum Gasteiger partial charge on any atom is -0.364 e. The van der Waals surface area contributed by atoms with E-state index in [0.29, 0.717) is 0 Å². The fourth-order valence-corrected chi connectivity index (χ4v) is 1.85. The SMILES string of the molecule is Cc1cnc(C(N)=O)c(=O)n1-c1cccc(C(F)(F)F)c1. The highest BCUT2D eigenvalue weighted by atomic mass is 19.4. The second-order valence-corrected chi connectivity index (χ2v) is 4.30. The molecule has 1 aromatic carbocycles. The lowest BCUT2D eigenvalue weighted by molar-refractivity contribution is -0.137. The van der Waals surface area contributed by atoms with Crippen molar-refractivity contribution in [3.05, 3.63) is 57.8 Å². The van der Waals surface area contributed by atoms with Crippen LogP contribution in [0.1, 0.15) is 21.7 Å². The number of carbonyl (C=O) groups is 1. The highest BCUT2D eigenvalue weighted by molar-refractivity contribution is 5.90. The monoisotopic (exact) mass is 297 g/mol. The van der Waals surface area contributed by atoms with Crippen LogP contribution in [0, 0.1) is 6.92 Å². The molecule has 0 spiro atoms. The maximum Gasteiger partial charge on any atom is 0.416 e. The van der Waals surface area contributed by atoms with Gasteiger partial charge in [0, 0.05) is 17.6 Å². The summed E-state index contributed by atoms with van der Waals surface area (Å²) < 4.78 is 39.1. The summed E-state index contributed by atoms with van der Waals surface area (Å²) in [7, 11) is 0. The zero-order valence-corrected chi connectivity index (χ0v) is 10.8. The van der Waals surface area contributed by atoms with Gasteiger partial charge in [0.2, 0.25) is 0 Å². The van der Waals surface area contributed by atoms with Crippen LogP contribution in [0.15, 0.2) is 35.3 Å². The van der Waals surface area contributed by atoms with Crippen LogP contribution in [0.3, 0.4) is 0 Å². The van der Waals surface area contributed by atoms with E-state index in [9.17, 15) is 22.8 Å². The van der Waals surface area contributed by atoms with Gasteiger partial charge in [-0.15, -0.1) is 0 Å². The first-order valence-corrected chi connectivity index (χ1v) is 5.78. The van der Waals surface area contributed by atoms with E-state index in [0.717, 1.165) is 16.7 Å². The van der Waals surface area contributed by atoms with Gasteiger partial charge in [0.25, 0.3) is 11.5 Å². The van der Waals surface area contributed by atoms with Gasteiger partial charge < -0.3 is 5.73 Å². The van der Waals surface area contributed by atoms with Crippen molar-refractivity contribution in [2.24, 2.45) is 5.73 Å². The van der Waals surface area contributed by atoms with Gasteiger partial charge >= 0.3 is 6.18 Å². The third kappa shape index (κ3) is 2.78. The maximum absolute atomic E-state index is 12.7. The molecule has 2 N–H and O–H groups in total. The van der Waals surface area contributed by atoms with E-state index in [1.807, 2.05) is 0 Å². The molecule has 0 aliphatic heterocycles. The Morgan fingerprint density at radius 2 is 2.00 bits per heavy atom. The Labute approximate surface area is 116 Å². The van der Waals surface area contributed by atoms with Crippen molar-refractivity contribution in [3.63, 3.8) is 0 Å². The maximum atomic E-state index is 12.7. The Hall–Kier alpha value is -2.64. The molecule has 0 aliphatic rings. The number of nitrogens with two attached hydrogens (primary N) is 1. The minimum atomic E-state index is -4.53. The first-order chi connectivity index (χ1) is 9.71. The van der Waals surface area contributed by atoms with Crippen molar-refractivity contribution < 1.29 is 18.0 Å². The Morgan fingerprint density at radius 1 is 1.33 bits per heavy atom. The molecule has 0 radical (unpaired) electrons. The van der Waals surface area contributed by atoms with Crippen molar-refractivity contribution in [2.75, 3.05) is 0 Å². The molecule has 0 unspecified atom stereocenters. The molecule has 0 fully saturated rings. The normalized spacial score (nSPS) is 11.4. The number of hydrogen-bond donors (Lipinski definition) is 1. The van der Waals surface area contributed by atoms with Gasteiger partial charge in [-0.2, -0.15) is 13.2 Å². The lowest BCUT2D eigenvalue weighted by Crippen LogP contribution is -2.31. The topological polar surface area (TPSA) is 78.0 Å². The number of aryl methyl sites for hydroxylation is 1. The summed E-state index contributed by atoms with van der Waals surface area (Å²) in [4.78, 5) is 26.8. The zero-order valence-electron chi connectivity index (χ0n) is 10.8. The summed E-state index contributed by atoms with van der Waals surface area (Å²) in [6, 6.07) is 4.21. The average Bonchev–Trinajstić information content (AvgIpc) is 2.37. The van der Waals surface area contributed by atoms with Gasteiger partial charge in [-0.3, -0.25) is 14.2 Å². The van der Waals surface area contributed by atoms with Crippen molar-refractivity contribution in [3.8, 4) is 5.69 Å². The minimum absolute atomic E-state index is 0.0165. The molecule has 8 heteroatoms. The largest absolute Gasteiger partial charge is 0.416 e. The van der Waals surface area contributed by atoms with Gasteiger partial charge in [-0.1, -0.05) is 6.07 Å². The predicted molar refractivity (Wildman–Crippen MR) is 68.1 cm³/mol. The molecule has 21 heavy (non-hydrogen) atoms. The number of carbonyl (C=O) groups excluding carboxylic acids is 1. The summed E-state index contributed by atoms with van der Waals surface area (Å²) >= 11 is 0. The number of alkyl halides is 3. The highest BCUT2D eigenvalue weighted by Gasteiger charge is 2.30. The van der Waals surface area contributed by atoms with Crippen molar-refractivity contribution in [1.29, 1.82) is 0 Å². The number of halogens is 3. The van der Waals surface area contributed by atoms with Gasteiger partial charge in [0.05, 0.1) is 5.56 Å². The summed E-state index contributed by atoms with van der Waals surface area (Å²) in [5.74, 6) is -1.04. The molecule has 110 valence electrons. The van der Waals surface area contributed by atoms with E-state index < -0.39 is 28.9 Å². The Kier molecular flexibility index (Phi) is 3.54. The Bertz CT molecular complexity index is 766. The van der Waals surface area contributed by atoms with E-state index in [1.165, 1.54) is 25.3 Å². The van der Waals surface area contributed by atoms with Crippen molar-refractivity contribution >= 4 is 5.91 Å². The van der Waals surface area contributed by atoms with E-state index in [-0.39, 0.29) is 11.4 Å². The molecule has 0 bridgehead atoms. The molecule has 2 aromatic rings. The second-order valence-electron chi connectivity index (χ2n) is 4.30. The van der Waals surface area contributed by atoms with E-state index in [4.69, 9.17) is 5.73 Å². The first-order valence-electron chi connectivity index (χ1n) is 5.78. The fraction of sp³-hybridized carbons (Fsp3) is 0.154. The standard InChI is InChI=1S/C13H10F3N3O2/c1-7-6-18-10(11(17)20)12(21)19(7)9-4-2-3-8(5-9)13(14,15)16/h2-6H,1H3,(H2,17,20). The third-order valence-corrected chi connectivity index (χ3v) is 2.80. The van der Waals surface area contributed by atoms with Crippen LogP contribution in [0.4, 0.5) is 13.2 Å². The summed E-state index contributed by atoms with van der Waals surface area (Å²) in [5, 5.41) is 0. The van der Waals surface area contributed by atoms with Crippen LogP contribution in [0.25, 0.3) is 5.69 Å². The number of benzene rings is 1. The molecule has 5 nitrogen and oxygen atoms in total. The van der Waals surface area contributed by atoms with Crippen LogP contribution >= 0.6 is 0 Å². The lowest BCUT2D eigenvalue weighted by Gasteiger charge is -2.13. The second kappa shape index (κ2) is 5.04. The molecule has 0 saturated heterocycles. The molecular formula is C13H10F3N3O2. The average molecular weight is 297 g/mol. The molecule has 1 aromatic heterocycles.